The van der Waals surface area contributed by atoms with E-state index in [0.717, 1.165) is 22.6 Å². The van der Waals surface area contributed by atoms with Crippen molar-refractivity contribution in [2.45, 2.75) is 6.54 Å². The maximum absolute atomic E-state index is 8.72. The van der Waals surface area contributed by atoms with E-state index in [1.54, 1.807) is 23.5 Å². The van der Waals surface area contributed by atoms with Gasteiger partial charge in [0.2, 0.25) is 0 Å². The highest BCUT2D eigenvalue weighted by molar-refractivity contribution is 9.11. The van der Waals surface area contributed by atoms with E-state index in [0.29, 0.717) is 12.2 Å². The predicted molar refractivity (Wildman–Crippen MR) is 85.0 cm³/mol. The first-order valence-electron chi connectivity index (χ1n) is 6.22. The van der Waals surface area contributed by atoms with E-state index < -0.39 is 0 Å². The first-order chi connectivity index (χ1) is 9.67. The van der Waals surface area contributed by atoms with Gasteiger partial charge in [0.05, 0.1) is 15.4 Å². The van der Waals surface area contributed by atoms with Crippen molar-refractivity contribution in [1.29, 1.82) is 5.26 Å². The molecular weight excluding hydrogens is 336 g/mol. The fourth-order valence-electron chi connectivity index (χ4n) is 1.76. The maximum atomic E-state index is 8.72. The molecule has 0 fully saturated rings. The summed E-state index contributed by atoms with van der Waals surface area (Å²) in [4.78, 5) is 2.22. The molecule has 2 aromatic rings. The van der Waals surface area contributed by atoms with Gasteiger partial charge in [-0.05, 0) is 64.3 Å². The number of hydrogen-bond acceptors (Lipinski definition) is 4. The summed E-state index contributed by atoms with van der Waals surface area (Å²) in [6, 6.07) is 11.4. The van der Waals surface area contributed by atoms with E-state index in [1.165, 1.54) is 5.56 Å². The molecule has 2 rings (SSSR count). The summed E-state index contributed by atoms with van der Waals surface area (Å²) in [5.41, 5.74) is 1.96. The Morgan fingerprint density at radius 3 is 2.70 bits per heavy atom. The highest BCUT2D eigenvalue weighted by Crippen LogP contribution is 2.21. The lowest BCUT2D eigenvalue weighted by Gasteiger charge is -2.16. The van der Waals surface area contributed by atoms with Crippen LogP contribution in [0.2, 0.25) is 0 Å². The number of nitriles is 1. The monoisotopic (exact) mass is 350 g/mol. The van der Waals surface area contributed by atoms with Crippen LogP contribution in [0.4, 0.5) is 0 Å². The minimum atomic E-state index is 0.633. The third-order valence-electron chi connectivity index (χ3n) is 2.80. The Morgan fingerprint density at radius 1 is 1.35 bits per heavy atom. The molecule has 5 heteroatoms. The van der Waals surface area contributed by atoms with Crippen molar-refractivity contribution >= 4 is 27.3 Å². The molecule has 1 aromatic carbocycles. The van der Waals surface area contributed by atoms with Crippen LogP contribution in [-0.4, -0.2) is 25.1 Å². The van der Waals surface area contributed by atoms with E-state index >= 15 is 0 Å². The van der Waals surface area contributed by atoms with Crippen LogP contribution in [0.3, 0.4) is 0 Å². The van der Waals surface area contributed by atoms with Gasteiger partial charge in [-0.1, -0.05) is 0 Å². The van der Waals surface area contributed by atoms with Gasteiger partial charge < -0.3 is 4.74 Å². The zero-order chi connectivity index (χ0) is 14.4. The van der Waals surface area contributed by atoms with Gasteiger partial charge in [0.15, 0.2) is 0 Å². The quantitative estimate of drug-likeness (QED) is 0.792. The minimum Gasteiger partial charge on any atom is -0.492 e. The number of nitrogens with zero attached hydrogens (tertiary/aromatic N) is 2. The van der Waals surface area contributed by atoms with E-state index in [1.807, 2.05) is 12.1 Å². The van der Waals surface area contributed by atoms with Gasteiger partial charge in [-0.2, -0.15) is 5.26 Å². The number of rotatable bonds is 6. The molecule has 0 radical (unpaired) electrons. The summed E-state index contributed by atoms with van der Waals surface area (Å²) in [5.74, 6) is 0.802. The topological polar surface area (TPSA) is 36.3 Å². The number of ether oxygens (including phenoxy) is 1. The molecule has 0 saturated heterocycles. The second-order valence-corrected chi connectivity index (χ2v) is 6.77. The molecule has 0 spiro atoms. The van der Waals surface area contributed by atoms with Gasteiger partial charge in [-0.25, -0.2) is 0 Å². The van der Waals surface area contributed by atoms with Crippen molar-refractivity contribution in [2.24, 2.45) is 0 Å². The van der Waals surface area contributed by atoms with Crippen LogP contribution in [0.5, 0.6) is 5.75 Å². The van der Waals surface area contributed by atoms with E-state index in [-0.39, 0.29) is 0 Å². The number of benzene rings is 1. The maximum Gasteiger partial charge on any atom is 0.119 e. The van der Waals surface area contributed by atoms with Crippen molar-refractivity contribution in [1.82, 2.24) is 4.90 Å². The summed E-state index contributed by atoms with van der Waals surface area (Å²) in [7, 11) is 2.08. The van der Waals surface area contributed by atoms with Crippen LogP contribution in [-0.2, 0) is 6.54 Å². The molecule has 0 aliphatic carbocycles. The molecule has 0 saturated carbocycles. The predicted octanol–water partition coefficient (Wildman–Crippen LogP) is 3.89. The van der Waals surface area contributed by atoms with Crippen molar-refractivity contribution in [2.75, 3.05) is 20.2 Å². The van der Waals surface area contributed by atoms with Crippen LogP contribution in [0.15, 0.2) is 39.5 Å². The zero-order valence-electron chi connectivity index (χ0n) is 11.2. The van der Waals surface area contributed by atoms with Crippen molar-refractivity contribution < 1.29 is 4.74 Å². The van der Waals surface area contributed by atoms with Crippen LogP contribution in [0.25, 0.3) is 0 Å². The molecule has 0 N–H and O–H groups in total. The minimum absolute atomic E-state index is 0.633. The van der Waals surface area contributed by atoms with E-state index in [9.17, 15) is 0 Å². The number of thiophene rings is 1. The van der Waals surface area contributed by atoms with Gasteiger partial charge in [0, 0.05) is 13.1 Å². The molecule has 0 amide bonds. The molecule has 0 atom stereocenters. The molecule has 0 bridgehead atoms. The Hall–Kier alpha value is -1.35. The summed E-state index contributed by atoms with van der Waals surface area (Å²) in [6.07, 6.45) is 0. The molecule has 0 aliphatic rings. The second-order valence-electron chi connectivity index (χ2n) is 4.48. The highest BCUT2D eigenvalue weighted by atomic mass is 79.9. The summed E-state index contributed by atoms with van der Waals surface area (Å²) in [5, 5.41) is 10.9. The van der Waals surface area contributed by atoms with E-state index in [4.69, 9.17) is 10.00 Å². The van der Waals surface area contributed by atoms with Crippen LogP contribution < -0.4 is 4.74 Å². The molecule has 3 nitrogen and oxygen atoms in total. The van der Waals surface area contributed by atoms with Crippen LogP contribution in [0, 0.1) is 11.3 Å². The smallest absolute Gasteiger partial charge is 0.119 e. The lowest BCUT2D eigenvalue weighted by atomic mass is 10.2. The largest absolute Gasteiger partial charge is 0.492 e. The SMILES string of the molecule is CN(CCOc1ccc(C#N)cc1)Cc1csc(Br)c1. The summed E-state index contributed by atoms with van der Waals surface area (Å²) >= 11 is 5.17. The molecule has 0 aliphatic heterocycles. The van der Waals surface area contributed by atoms with Crippen molar-refractivity contribution in [3.63, 3.8) is 0 Å². The van der Waals surface area contributed by atoms with Crippen molar-refractivity contribution in [3.8, 4) is 11.8 Å². The third-order valence-corrected chi connectivity index (χ3v) is 4.35. The first-order valence-corrected chi connectivity index (χ1v) is 7.89. The molecule has 104 valence electrons. The van der Waals surface area contributed by atoms with Gasteiger partial charge in [0.25, 0.3) is 0 Å². The number of halogens is 1. The lowest BCUT2D eigenvalue weighted by molar-refractivity contribution is 0.233. The number of hydrogen-bond donors (Lipinski definition) is 0. The summed E-state index contributed by atoms with van der Waals surface area (Å²) < 4.78 is 6.82. The van der Waals surface area contributed by atoms with Crippen LogP contribution >= 0.6 is 27.3 Å². The Bertz CT molecular complexity index is 589. The normalized spacial score (nSPS) is 10.5. The van der Waals surface area contributed by atoms with Crippen molar-refractivity contribution in [3.05, 3.63) is 50.6 Å². The fourth-order valence-corrected chi connectivity index (χ4v) is 2.96. The van der Waals surface area contributed by atoms with Gasteiger partial charge in [-0.3, -0.25) is 4.90 Å². The Kier molecular flexibility index (Phi) is 5.60. The fraction of sp³-hybridized carbons (Fsp3) is 0.267. The Balaban J connectivity index is 1.73. The Morgan fingerprint density at radius 2 is 2.10 bits per heavy atom. The Labute approximate surface area is 131 Å². The molecule has 1 heterocycles. The van der Waals surface area contributed by atoms with E-state index in [2.05, 4.69) is 45.4 Å². The second kappa shape index (κ2) is 7.44. The third kappa shape index (κ3) is 4.64. The van der Waals surface area contributed by atoms with Gasteiger partial charge in [0.1, 0.15) is 12.4 Å². The lowest BCUT2D eigenvalue weighted by Crippen LogP contribution is -2.23. The summed E-state index contributed by atoms with van der Waals surface area (Å²) in [6.45, 7) is 2.40. The zero-order valence-corrected chi connectivity index (χ0v) is 13.6. The molecule has 20 heavy (non-hydrogen) atoms. The molecule has 0 unspecified atom stereocenters. The van der Waals surface area contributed by atoms with Gasteiger partial charge in [-0.15, -0.1) is 11.3 Å². The molecular formula is C15H15BrN2OS. The molecule has 1 aromatic heterocycles. The number of likely N-dealkylation sites (N-methyl/N-ethyl adjacent to an activating group) is 1. The average molecular weight is 351 g/mol. The standard InChI is InChI=1S/C15H15BrN2OS/c1-18(10-13-8-15(16)20-11-13)6-7-19-14-4-2-12(9-17)3-5-14/h2-5,8,11H,6-7,10H2,1H3. The average Bonchev–Trinajstić information content (AvgIpc) is 2.85. The van der Waals surface area contributed by atoms with Crippen LogP contribution in [0.1, 0.15) is 11.1 Å². The van der Waals surface area contributed by atoms with Gasteiger partial charge >= 0.3 is 0 Å². The first kappa shape index (κ1) is 15.0. The highest BCUT2D eigenvalue weighted by Gasteiger charge is 2.03.